The molecule has 0 bridgehead atoms. The summed E-state index contributed by atoms with van der Waals surface area (Å²) < 4.78 is 11.4. The Balaban J connectivity index is 1.40. The molecule has 0 unspecified atom stereocenters. The molecule has 1 aliphatic carbocycles. The first-order valence-electron chi connectivity index (χ1n) is 16.5. The summed E-state index contributed by atoms with van der Waals surface area (Å²) >= 11 is 0. The number of hydrogen-bond donors (Lipinski definition) is 4. The molecular formula is C39H45N3O7. The van der Waals surface area contributed by atoms with E-state index < -0.39 is 42.0 Å². The third-order valence-corrected chi connectivity index (χ3v) is 8.43. The number of aliphatic hydroxyl groups is 1. The van der Waals surface area contributed by atoms with Crippen molar-refractivity contribution >= 4 is 23.9 Å². The van der Waals surface area contributed by atoms with E-state index in [-0.39, 0.29) is 50.9 Å². The normalized spacial score (nSPS) is 14.2. The fraction of sp³-hybridized carbons (Fsp3) is 0.333. The summed E-state index contributed by atoms with van der Waals surface area (Å²) in [6, 6.07) is 22.8. The highest BCUT2D eigenvalue weighted by molar-refractivity contribution is 5.86. The molecule has 4 atom stereocenters. The van der Waals surface area contributed by atoms with Crippen LogP contribution in [-0.2, 0) is 23.9 Å². The third-order valence-electron chi connectivity index (χ3n) is 8.43. The molecule has 3 amide bonds. The molecule has 4 rings (SSSR count). The van der Waals surface area contributed by atoms with Crippen molar-refractivity contribution in [1.82, 2.24) is 16.0 Å². The summed E-state index contributed by atoms with van der Waals surface area (Å²) in [7, 11) is 0. The lowest BCUT2D eigenvalue weighted by molar-refractivity contribution is -0.147. The summed E-state index contributed by atoms with van der Waals surface area (Å²) in [5.74, 6) is -2.36. The van der Waals surface area contributed by atoms with Gasteiger partial charge in [-0.05, 0) is 54.0 Å². The van der Waals surface area contributed by atoms with Gasteiger partial charge in [-0.15, -0.1) is 13.2 Å². The predicted octanol–water partition coefficient (Wildman–Crippen LogP) is 5.34. The zero-order valence-corrected chi connectivity index (χ0v) is 27.8. The Hall–Kier alpha value is -5.22. The molecule has 0 saturated carbocycles. The molecule has 10 nitrogen and oxygen atoms in total. The van der Waals surface area contributed by atoms with E-state index in [0.29, 0.717) is 12.0 Å². The number of aliphatic hydroxyl groups excluding tert-OH is 1. The van der Waals surface area contributed by atoms with E-state index in [1.807, 2.05) is 42.5 Å². The summed E-state index contributed by atoms with van der Waals surface area (Å²) in [6.45, 7) is 8.74. The van der Waals surface area contributed by atoms with E-state index in [1.165, 1.54) is 0 Å². The first kappa shape index (κ1) is 36.6. The minimum Gasteiger partial charge on any atom is -0.462 e. The zero-order chi connectivity index (χ0) is 35.2. The lowest BCUT2D eigenvalue weighted by Crippen LogP contribution is -2.44. The van der Waals surface area contributed by atoms with Crippen LogP contribution in [0.5, 0.6) is 0 Å². The molecule has 1 aliphatic rings. The van der Waals surface area contributed by atoms with Crippen molar-refractivity contribution in [3.8, 4) is 11.1 Å². The fourth-order valence-electron chi connectivity index (χ4n) is 5.87. The molecule has 3 aromatic carbocycles. The number of carbonyl (C=O) groups excluding carboxylic acids is 4. The fourth-order valence-corrected chi connectivity index (χ4v) is 5.87. The van der Waals surface area contributed by atoms with E-state index in [9.17, 15) is 24.3 Å². The molecule has 3 aromatic rings. The van der Waals surface area contributed by atoms with Gasteiger partial charge in [-0.2, -0.15) is 0 Å². The summed E-state index contributed by atoms with van der Waals surface area (Å²) in [4.78, 5) is 52.3. The zero-order valence-electron chi connectivity index (χ0n) is 27.8. The largest absolute Gasteiger partial charge is 0.462 e. The van der Waals surface area contributed by atoms with Gasteiger partial charge >= 0.3 is 12.1 Å². The number of rotatable bonds is 18. The standard InChI is InChI=1S/C39H45N3O7/c1-4-6-21-34(42-39(47)49-24-33-31-19-12-10-17-29(31)30-18-11-13-20-32(30)33)38(46)48-25-35(27-15-8-7-9-16-27)41-37(45)28(14-5-2)22-36(44)40-26(3)23-43/h4-5,7-13,15-20,26,28,33-35,43H,1-2,6,14,21-25H2,3H3,(H,40,44)(H,41,45)(H,42,47)/t26-,28-,34-,35-/m0/s1. The lowest BCUT2D eigenvalue weighted by atomic mass is 9.98. The number of carbonyl (C=O) groups is 4. The van der Waals surface area contributed by atoms with Crippen LogP contribution >= 0.6 is 0 Å². The molecule has 0 radical (unpaired) electrons. The van der Waals surface area contributed by atoms with Crippen LogP contribution in [0.1, 0.15) is 61.3 Å². The van der Waals surface area contributed by atoms with E-state index in [1.54, 1.807) is 43.3 Å². The Labute approximate surface area is 287 Å². The molecule has 0 aromatic heterocycles. The van der Waals surface area contributed by atoms with E-state index in [2.05, 4.69) is 41.2 Å². The average Bonchev–Trinajstić information content (AvgIpc) is 3.44. The maximum Gasteiger partial charge on any atom is 0.407 e. The Morgan fingerprint density at radius 3 is 2.08 bits per heavy atom. The van der Waals surface area contributed by atoms with Gasteiger partial charge in [0.2, 0.25) is 11.8 Å². The second-order valence-electron chi connectivity index (χ2n) is 12.1. The van der Waals surface area contributed by atoms with Crippen molar-refractivity contribution in [2.75, 3.05) is 19.8 Å². The van der Waals surface area contributed by atoms with Crippen LogP contribution in [0.3, 0.4) is 0 Å². The molecule has 0 spiro atoms. The summed E-state index contributed by atoms with van der Waals surface area (Å²) in [5.41, 5.74) is 5.05. The maximum absolute atomic E-state index is 13.4. The van der Waals surface area contributed by atoms with Crippen molar-refractivity contribution < 1.29 is 33.8 Å². The summed E-state index contributed by atoms with van der Waals surface area (Å²) in [5, 5.41) is 17.5. The van der Waals surface area contributed by atoms with Gasteiger partial charge < -0.3 is 30.5 Å². The number of allylic oxidation sites excluding steroid dienone is 2. The smallest absolute Gasteiger partial charge is 0.407 e. The quantitative estimate of drug-likeness (QED) is 0.106. The minimum absolute atomic E-state index is 0.0913. The number of alkyl carbamates (subject to hydrolysis) is 1. The molecule has 258 valence electrons. The van der Waals surface area contributed by atoms with Crippen LogP contribution in [-0.4, -0.2) is 60.9 Å². The van der Waals surface area contributed by atoms with Crippen molar-refractivity contribution in [1.29, 1.82) is 0 Å². The van der Waals surface area contributed by atoms with Crippen LogP contribution in [0, 0.1) is 5.92 Å². The van der Waals surface area contributed by atoms with Gasteiger partial charge in [-0.25, -0.2) is 9.59 Å². The van der Waals surface area contributed by atoms with Crippen LogP contribution in [0.4, 0.5) is 4.79 Å². The second kappa shape index (κ2) is 18.4. The van der Waals surface area contributed by atoms with Crippen LogP contribution in [0.15, 0.2) is 104 Å². The lowest BCUT2D eigenvalue weighted by Gasteiger charge is -2.24. The number of hydrogen-bond acceptors (Lipinski definition) is 7. The molecule has 0 heterocycles. The van der Waals surface area contributed by atoms with Crippen LogP contribution in [0.25, 0.3) is 11.1 Å². The molecule has 49 heavy (non-hydrogen) atoms. The molecule has 0 saturated heterocycles. The van der Waals surface area contributed by atoms with Gasteiger partial charge in [-0.3, -0.25) is 9.59 Å². The van der Waals surface area contributed by atoms with Gasteiger partial charge in [0, 0.05) is 18.4 Å². The molecule has 0 aliphatic heterocycles. The van der Waals surface area contributed by atoms with Crippen molar-refractivity contribution in [3.05, 3.63) is 121 Å². The number of ether oxygens (including phenoxy) is 2. The van der Waals surface area contributed by atoms with Crippen molar-refractivity contribution in [2.45, 2.75) is 56.7 Å². The first-order chi connectivity index (χ1) is 23.7. The number of amides is 3. The molecule has 4 N–H and O–H groups in total. The van der Waals surface area contributed by atoms with Gasteiger partial charge in [0.15, 0.2) is 0 Å². The van der Waals surface area contributed by atoms with Gasteiger partial charge in [-0.1, -0.05) is 91.0 Å². The molecular weight excluding hydrogens is 622 g/mol. The van der Waals surface area contributed by atoms with Gasteiger partial charge in [0.05, 0.1) is 18.6 Å². The number of nitrogens with one attached hydrogen (secondary N) is 3. The van der Waals surface area contributed by atoms with Crippen molar-refractivity contribution in [2.24, 2.45) is 5.92 Å². The summed E-state index contributed by atoms with van der Waals surface area (Å²) in [6.07, 6.45) is 3.24. The molecule has 0 fully saturated rings. The third kappa shape index (κ3) is 10.1. The Morgan fingerprint density at radius 1 is 0.837 bits per heavy atom. The van der Waals surface area contributed by atoms with Crippen LogP contribution in [0.2, 0.25) is 0 Å². The topological polar surface area (TPSA) is 143 Å². The number of fused-ring (bicyclic) bond motifs is 3. The second-order valence-corrected chi connectivity index (χ2v) is 12.1. The number of esters is 1. The van der Waals surface area contributed by atoms with E-state index in [4.69, 9.17) is 9.47 Å². The Kier molecular flexibility index (Phi) is 13.7. The van der Waals surface area contributed by atoms with E-state index in [0.717, 1.165) is 22.3 Å². The van der Waals surface area contributed by atoms with Crippen LogP contribution < -0.4 is 16.0 Å². The minimum atomic E-state index is -1.02. The average molecular weight is 668 g/mol. The highest BCUT2D eigenvalue weighted by atomic mass is 16.6. The predicted molar refractivity (Wildman–Crippen MR) is 187 cm³/mol. The van der Waals surface area contributed by atoms with Crippen molar-refractivity contribution in [3.63, 3.8) is 0 Å². The van der Waals surface area contributed by atoms with Gasteiger partial charge in [0.25, 0.3) is 0 Å². The van der Waals surface area contributed by atoms with Gasteiger partial charge in [0.1, 0.15) is 19.3 Å². The molecule has 10 heteroatoms. The maximum atomic E-state index is 13.4. The first-order valence-corrected chi connectivity index (χ1v) is 16.5. The highest BCUT2D eigenvalue weighted by Crippen LogP contribution is 2.44. The Morgan fingerprint density at radius 2 is 1.47 bits per heavy atom. The highest BCUT2D eigenvalue weighted by Gasteiger charge is 2.31. The SMILES string of the molecule is C=CCC[C@H](NC(=O)OCC1c2ccccc2-c2ccccc21)C(=O)OC[C@H](NC(=O)[C@@H](CC=C)CC(=O)N[C@@H](C)CO)c1ccccc1. The number of benzene rings is 3. The van der Waals surface area contributed by atoms with E-state index >= 15 is 0 Å². The monoisotopic (exact) mass is 667 g/mol. The Bertz CT molecular complexity index is 1560.